The van der Waals surface area contributed by atoms with Crippen LogP contribution in [0.2, 0.25) is 0 Å². The fourth-order valence-electron chi connectivity index (χ4n) is 7.82. The monoisotopic (exact) mass is 818 g/mol. The molecule has 10 heteroatoms. The van der Waals surface area contributed by atoms with Crippen LogP contribution in [0.4, 0.5) is 22.7 Å². The highest BCUT2D eigenvalue weighted by Crippen LogP contribution is 2.35. The van der Waals surface area contributed by atoms with E-state index in [0.29, 0.717) is 26.1 Å². The minimum absolute atomic E-state index is 0.0353. The molecule has 2 N–H and O–H groups in total. The van der Waals surface area contributed by atoms with Crippen LogP contribution in [0.3, 0.4) is 0 Å². The van der Waals surface area contributed by atoms with E-state index < -0.39 is 12.2 Å². The fraction of sp³-hybridized carbons (Fsp3) is 0.520. The summed E-state index contributed by atoms with van der Waals surface area (Å²) >= 11 is 0. The van der Waals surface area contributed by atoms with Gasteiger partial charge in [0, 0.05) is 0 Å². The zero-order valence-electron chi connectivity index (χ0n) is 35.7. The Bertz CT molecular complexity index is 1720. The molecule has 0 unspecified atom stereocenters. The predicted octanol–water partition coefficient (Wildman–Crippen LogP) is 12.8. The van der Waals surface area contributed by atoms with Crippen molar-refractivity contribution in [1.82, 2.24) is 0 Å². The third kappa shape index (κ3) is 14.9. The first-order valence-electron chi connectivity index (χ1n) is 22.6. The number of unbranched alkanes of at least 4 members (excludes halogenated alkanes) is 4. The molecule has 0 saturated carbocycles. The molecule has 0 radical (unpaired) electrons. The molecule has 4 aromatic carbocycles. The van der Waals surface area contributed by atoms with Gasteiger partial charge in [0.25, 0.3) is 0 Å². The second-order valence-electron chi connectivity index (χ2n) is 16.3. The highest BCUT2D eigenvalue weighted by Gasteiger charge is 2.40. The molecule has 2 fully saturated rings. The van der Waals surface area contributed by atoms with Crippen molar-refractivity contribution in [3.05, 3.63) is 108 Å². The summed E-state index contributed by atoms with van der Waals surface area (Å²) in [7, 11) is 0. The summed E-state index contributed by atoms with van der Waals surface area (Å²) in [5.41, 5.74) is 5.91. The molecule has 6 atom stereocenters. The Morgan fingerprint density at radius 1 is 0.483 bits per heavy atom. The minimum Gasteiger partial charge on any atom is -0.494 e. The van der Waals surface area contributed by atoms with Crippen molar-refractivity contribution in [2.75, 3.05) is 13.2 Å². The lowest BCUT2D eigenvalue weighted by Gasteiger charge is -2.24. The van der Waals surface area contributed by atoms with E-state index in [1.54, 1.807) is 0 Å². The second-order valence-corrected chi connectivity index (χ2v) is 16.3. The van der Waals surface area contributed by atoms with Gasteiger partial charge in [-0.1, -0.05) is 51.0 Å². The lowest BCUT2D eigenvalue weighted by atomic mass is 10.0. The largest absolute Gasteiger partial charge is 0.494 e. The number of azo groups is 2. The van der Waals surface area contributed by atoms with Gasteiger partial charge in [-0.2, -0.15) is 20.5 Å². The van der Waals surface area contributed by atoms with Gasteiger partial charge >= 0.3 is 0 Å². The zero-order chi connectivity index (χ0) is 41.8. The average molecular weight is 819 g/mol. The normalized spacial score (nSPS) is 20.3. The van der Waals surface area contributed by atoms with Crippen LogP contribution in [-0.2, 0) is 22.3 Å². The van der Waals surface area contributed by atoms with E-state index in [1.807, 2.05) is 72.8 Å². The van der Waals surface area contributed by atoms with Gasteiger partial charge in [-0.15, -0.1) is 0 Å². The number of aryl methyl sites for hydroxylation is 2. The van der Waals surface area contributed by atoms with Crippen LogP contribution >= 0.6 is 0 Å². The molecular formula is C50H66N4O6. The maximum absolute atomic E-state index is 10.9. The maximum atomic E-state index is 10.9. The first-order chi connectivity index (χ1) is 29.4. The molecule has 322 valence electrons. The molecule has 0 bridgehead atoms. The standard InChI is InChI=1S/C50H66N4O6/c1-3-5-11-37-15-19-39(20-16-37)51-53-41-23-27-43(28-24-41)57-35-9-7-13-45(55)47-31-33-49(59-47)50-34-32-48(60-50)46(56)14-8-10-36-58-44-29-25-42(26-30-44)54-52-40-21-17-38(18-22-40)12-6-4-2/h15-30,45-50,55-56H,3-14,31-36H2,1-2H3/t45-,46-,47-,48-,49-,50-/m1/s1. The Morgan fingerprint density at radius 3 is 1.18 bits per heavy atom. The molecule has 0 amide bonds. The Kier molecular flexibility index (Phi) is 18.5. The molecule has 10 nitrogen and oxygen atoms in total. The van der Waals surface area contributed by atoms with Crippen molar-refractivity contribution >= 4 is 22.7 Å². The van der Waals surface area contributed by atoms with Gasteiger partial charge in [0.2, 0.25) is 0 Å². The number of hydrogen-bond acceptors (Lipinski definition) is 10. The number of nitrogens with zero attached hydrogens (tertiary/aromatic N) is 4. The predicted molar refractivity (Wildman–Crippen MR) is 238 cm³/mol. The summed E-state index contributed by atoms with van der Waals surface area (Å²) in [4.78, 5) is 0. The van der Waals surface area contributed by atoms with Gasteiger partial charge in [-0.3, -0.25) is 0 Å². The third-order valence-electron chi connectivity index (χ3n) is 11.5. The van der Waals surface area contributed by atoms with Gasteiger partial charge in [-0.25, -0.2) is 0 Å². The summed E-state index contributed by atoms with van der Waals surface area (Å²) in [5.74, 6) is 1.59. The van der Waals surface area contributed by atoms with Gasteiger partial charge in [0.1, 0.15) is 11.5 Å². The first-order valence-corrected chi connectivity index (χ1v) is 22.6. The maximum Gasteiger partial charge on any atom is 0.119 e. The Labute approximate surface area is 357 Å². The Hall–Kier alpha value is -4.48. The SMILES string of the molecule is CCCCc1ccc(N=Nc2ccc(OCCCC[C@@H](O)[C@H]3CC[C@H]([C@H]4CC[C@H]([C@H](O)CCCCOc5ccc(N=Nc6ccc(CCCC)cc6)cc5)O4)O3)cc2)cc1. The van der Waals surface area contributed by atoms with Crippen molar-refractivity contribution in [1.29, 1.82) is 0 Å². The number of hydrogen-bond donors (Lipinski definition) is 2. The summed E-state index contributed by atoms with van der Waals surface area (Å²) in [6.07, 6.45) is 13.6. The van der Waals surface area contributed by atoms with Crippen LogP contribution in [0.5, 0.6) is 11.5 Å². The van der Waals surface area contributed by atoms with E-state index >= 15 is 0 Å². The number of aliphatic hydroxyl groups excluding tert-OH is 2. The smallest absolute Gasteiger partial charge is 0.119 e. The summed E-state index contributed by atoms with van der Waals surface area (Å²) in [6.45, 7) is 5.57. The zero-order valence-corrected chi connectivity index (χ0v) is 35.7. The van der Waals surface area contributed by atoms with E-state index in [2.05, 4.69) is 58.6 Å². The van der Waals surface area contributed by atoms with E-state index in [9.17, 15) is 10.2 Å². The Balaban J connectivity index is 0.788. The van der Waals surface area contributed by atoms with E-state index in [1.165, 1.54) is 36.8 Å². The van der Waals surface area contributed by atoms with Crippen LogP contribution in [-0.4, -0.2) is 60.1 Å². The van der Waals surface area contributed by atoms with E-state index in [4.69, 9.17) is 18.9 Å². The number of ether oxygens (including phenoxy) is 4. The molecule has 60 heavy (non-hydrogen) atoms. The quantitative estimate of drug-likeness (QED) is 0.0506. The molecule has 0 spiro atoms. The minimum atomic E-state index is -0.510. The Morgan fingerprint density at radius 2 is 0.833 bits per heavy atom. The molecule has 4 aromatic rings. The van der Waals surface area contributed by atoms with Gasteiger partial charge in [0.05, 0.1) is 72.6 Å². The van der Waals surface area contributed by atoms with Gasteiger partial charge < -0.3 is 29.2 Å². The lowest BCUT2D eigenvalue weighted by Crippen LogP contribution is -2.33. The summed E-state index contributed by atoms with van der Waals surface area (Å²) < 4.78 is 24.5. The van der Waals surface area contributed by atoms with Crippen LogP contribution < -0.4 is 9.47 Å². The molecule has 6 rings (SSSR count). The summed E-state index contributed by atoms with van der Waals surface area (Å²) in [5, 5.41) is 39.3. The fourth-order valence-corrected chi connectivity index (χ4v) is 7.82. The molecule has 2 aliphatic heterocycles. The van der Waals surface area contributed by atoms with Crippen molar-refractivity contribution < 1.29 is 29.2 Å². The topological polar surface area (TPSA) is 127 Å². The van der Waals surface area contributed by atoms with E-state index in [-0.39, 0.29) is 24.4 Å². The van der Waals surface area contributed by atoms with Crippen LogP contribution in [0.15, 0.2) is 118 Å². The van der Waals surface area contributed by atoms with Crippen LogP contribution in [0, 0.1) is 0 Å². The highest BCUT2D eigenvalue weighted by atomic mass is 16.6. The average Bonchev–Trinajstić information content (AvgIpc) is 3.99. The van der Waals surface area contributed by atoms with E-state index in [0.717, 1.165) is 98.5 Å². The molecule has 2 aliphatic rings. The van der Waals surface area contributed by atoms with Gasteiger partial charge in [0.15, 0.2) is 0 Å². The van der Waals surface area contributed by atoms with Crippen molar-refractivity contribution in [2.45, 2.75) is 153 Å². The highest BCUT2D eigenvalue weighted by molar-refractivity contribution is 5.44. The first kappa shape index (κ1) is 45.1. The molecule has 0 aromatic heterocycles. The van der Waals surface area contributed by atoms with Crippen molar-refractivity contribution in [3.8, 4) is 11.5 Å². The number of aliphatic hydroxyl groups is 2. The van der Waals surface area contributed by atoms with Crippen molar-refractivity contribution in [2.24, 2.45) is 20.5 Å². The molecule has 0 aliphatic carbocycles. The van der Waals surface area contributed by atoms with Gasteiger partial charge in [-0.05, 0) is 174 Å². The second kappa shape index (κ2) is 24.7. The number of benzene rings is 4. The summed E-state index contributed by atoms with van der Waals surface area (Å²) in [6, 6.07) is 31.9. The molecular weight excluding hydrogens is 753 g/mol. The van der Waals surface area contributed by atoms with Crippen LogP contribution in [0.1, 0.15) is 115 Å². The third-order valence-corrected chi connectivity index (χ3v) is 11.5. The lowest BCUT2D eigenvalue weighted by molar-refractivity contribution is -0.110. The molecule has 2 heterocycles. The van der Waals surface area contributed by atoms with Crippen LogP contribution in [0.25, 0.3) is 0 Å². The molecule has 2 saturated heterocycles. The number of rotatable bonds is 25. The van der Waals surface area contributed by atoms with Crippen molar-refractivity contribution in [3.63, 3.8) is 0 Å².